The number of thiophene rings is 1. The second-order valence-corrected chi connectivity index (χ2v) is 6.64. The van der Waals surface area contributed by atoms with Gasteiger partial charge in [0.2, 0.25) is 0 Å². The van der Waals surface area contributed by atoms with E-state index < -0.39 is 12.0 Å². The van der Waals surface area contributed by atoms with Gasteiger partial charge in [-0.05, 0) is 43.3 Å². The van der Waals surface area contributed by atoms with Crippen LogP contribution in [0.15, 0.2) is 23.7 Å². The summed E-state index contributed by atoms with van der Waals surface area (Å²) < 4.78 is 1.91. The van der Waals surface area contributed by atoms with Crippen molar-refractivity contribution in [3.8, 4) is 0 Å². The second kappa shape index (κ2) is 5.61. The Morgan fingerprint density at radius 2 is 2.33 bits per heavy atom. The molecule has 0 bridgehead atoms. The number of fused-ring (bicyclic) bond motifs is 1. The molecule has 6 heteroatoms. The molecule has 3 rings (SSSR count). The molecular formula is C15H19N3O2S. The molecule has 1 unspecified atom stereocenters. The van der Waals surface area contributed by atoms with Crippen LogP contribution in [0.2, 0.25) is 0 Å². The summed E-state index contributed by atoms with van der Waals surface area (Å²) in [7, 11) is 0. The average Bonchev–Trinajstić information content (AvgIpc) is 3.06. The predicted molar refractivity (Wildman–Crippen MR) is 81.4 cm³/mol. The topological polar surface area (TPSA) is 58.4 Å². The third kappa shape index (κ3) is 2.73. The van der Waals surface area contributed by atoms with Gasteiger partial charge in [0.1, 0.15) is 6.04 Å². The largest absolute Gasteiger partial charge is 0.480 e. The number of rotatable bonds is 4. The van der Waals surface area contributed by atoms with Crippen molar-refractivity contribution >= 4 is 17.3 Å². The molecule has 0 aromatic carbocycles. The van der Waals surface area contributed by atoms with E-state index in [-0.39, 0.29) is 0 Å². The normalized spacial score (nSPS) is 18.9. The van der Waals surface area contributed by atoms with Gasteiger partial charge in [0, 0.05) is 30.2 Å². The lowest BCUT2D eigenvalue weighted by Gasteiger charge is -2.32. The molecule has 0 saturated heterocycles. The Labute approximate surface area is 127 Å². The first-order valence-corrected chi connectivity index (χ1v) is 8.01. The van der Waals surface area contributed by atoms with Crippen molar-refractivity contribution in [2.45, 2.75) is 38.9 Å². The van der Waals surface area contributed by atoms with E-state index in [1.54, 1.807) is 11.3 Å². The van der Waals surface area contributed by atoms with Gasteiger partial charge in [-0.25, -0.2) is 0 Å². The van der Waals surface area contributed by atoms with Gasteiger partial charge in [-0.3, -0.25) is 14.4 Å². The molecular weight excluding hydrogens is 286 g/mol. The van der Waals surface area contributed by atoms with Crippen LogP contribution in [0, 0.1) is 0 Å². The van der Waals surface area contributed by atoms with Crippen molar-refractivity contribution in [2.75, 3.05) is 6.54 Å². The number of hydrogen-bond donors (Lipinski definition) is 1. The van der Waals surface area contributed by atoms with Crippen LogP contribution in [0.1, 0.15) is 42.1 Å². The number of aromatic nitrogens is 2. The molecule has 0 amide bonds. The minimum absolute atomic E-state index is 0.318. The minimum atomic E-state index is -0.780. The summed E-state index contributed by atoms with van der Waals surface area (Å²) in [6, 6.07) is 3.68. The molecule has 112 valence electrons. The fourth-order valence-corrected chi connectivity index (χ4v) is 3.69. The fourth-order valence-electron chi connectivity index (χ4n) is 2.79. The zero-order valence-electron chi connectivity index (χ0n) is 12.2. The van der Waals surface area contributed by atoms with Crippen LogP contribution in [0.4, 0.5) is 0 Å². The van der Waals surface area contributed by atoms with Gasteiger partial charge in [0.15, 0.2) is 0 Å². The quantitative estimate of drug-likeness (QED) is 0.943. The monoisotopic (exact) mass is 305 g/mol. The van der Waals surface area contributed by atoms with Gasteiger partial charge < -0.3 is 5.11 Å². The Morgan fingerprint density at radius 1 is 1.52 bits per heavy atom. The van der Waals surface area contributed by atoms with Gasteiger partial charge in [-0.15, -0.1) is 11.3 Å². The van der Waals surface area contributed by atoms with Crippen molar-refractivity contribution in [2.24, 2.45) is 0 Å². The van der Waals surface area contributed by atoms with Gasteiger partial charge in [0.05, 0.1) is 5.69 Å². The summed E-state index contributed by atoms with van der Waals surface area (Å²) in [5, 5.41) is 16.1. The van der Waals surface area contributed by atoms with Crippen LogP contribution >= 0.6 is 11.3 Å². The summed E-state index contributed by atoms with van der Waals surface area (Å²) in [5.74, 6) is -0.780. The summed E-state index contributed by atoms with van der Waals surface area (Å²) in [4.78, 5) is 14.9. The zero-order chi connectivity index (χ0) is 15.0. The molecule has 0 aliphatic carbocycles. The first-order valence-electron chi connectivity index (χ1n) is 7.13. The maximum absolute atomic E-state index is 11.7. The Bertz CT molecular complexity index is 647. The van der Waals surface area contributed by atoms with E-state index in [9.17, 15) is 9.90 Å². The molecule has 1 N–H and O–H groups in total. The van der Waals surface area contributed by atoms with Gasteiger partial charge in [-0.1, -0.05) is 0 Å². The smallest absolute Gasteiger partial charge is 0.325 e. The number of nitrogens with zero attached hydrogens (tertiary/aromatic N) is 3. The molecule has 0 fully saturated rings. The molecule has 3 heterocycles. The number of carbonyl (C=O) groups is 1. The third-order valence-electron chi connectivity index (χ3n) is 3.86. The molecule has 1 aliphatic rings. The lowest BCUT2D eigenvalue weighted by molar-refractivity contribution is -0.144. The first kappa shape index (κ1) is 14.3. The van der Waals surface area contributed by atoms with Gasteiger partial charge in [-0.2, -0.15) is 5.10 Å². The Balaban J connectivity index is 1.82. The van der Waals surface area contributed by atoms with Crippen LogP contribution in [-0.4, -0.2) is 32.3 Å². The third-order valence-corrected chi connectivity index (χ3v) is 4.85. The minimum Gasteiger partial charge on any atom is -0.480 e. The summed E-state index contributed by atoms with van der Waals surface area (Å²) in [5.41, 5.74) is 1.87. The van der Waals surface area contributed by atoms with E-state index in [1.807, 2.05) is 33.3 Å². The SMILES string of the molecule is CC(C)n1ccc(CN2CCc3sccc3C2C(=O)O)n1. The number of aliphatic carboxylic acids is 1. The number of carboxylic acid groups (broad SMARTS) is 1. The van der Waals surface area contributed by atoms with Gasteiger partial charge >= 0.3 is 5.97 Å². The maximum Gasteiger partial charge on any atom is 0.325 e. The van der Waals surface area contributed by atoms with Crippen molar-refractivity contribution in [3.05, 3.63) is 39.8 Å². The van der Waals surface area contributed by atoms with Crippen molar-refractivity contribution in [3.63, 3.8) is 0 Å². The van der Waals surface area contributed by atoms with Crippen molar-refractivity contribution in [1.29, 1.82) is 0 Å². The van der Waals surface area contributed by atoms with E-state index in [1.165, 1.54) is 4.88 Å². The molecule has 0 spiro atoms. The molecule has 2 aromatic heterocycles. The van der Waals surface area contributed by atoms with E-state index in [0.29, 0.717) is 12.6 Å². The highest BCUT2D eigenvalue weighted by Gasteiger charge is 2.33. The zero-order valence-corrected chi connectivity index (χ0v) is 13.0. The lowest BCUT2D eigenvalue weighted by atomic mass is 10.00. The van der Waals surface area contributed by atoms with E-state index in [0.717, 1.165) is 24.2 Å². The number of hydrogen-bond acceptors (Lipinski definition) is 4. The van der Waals surface area contributed by atoms with Crippen LogP contribution < -0.4 is 0 Å². The van der Waals surface area contributed by atoms with E-state index >= 15 is 0 Å². The molecule has 1 aliphatic heterocycles. The van der Waals surface area contributed by atoms with E-state index in [2.05, 4.69) is 18.9 Å². The number of carboxylic acids is 1. The summed E-state index contributed by atoms with van der Waals surface area (Å²) in [6.45, 7) is 5.50. The summed E-state index contributed by atoms with van der Waals surface area (Å²) >= 11 is 1.65. The molecule has 0 radical (unpaired) electrons. The molecule has 21 heavy (non-hydrogen) atoms. The highest BCUT2D eigenvalue weighted by molar-refractivity contribution is 7.10. The van der Waals surface area contributed by atoms with Crippen LogP contribution in [0.5, 0.6) is 0 Å². The molecule has 5 nitrogen and oxygen atoms in total. The van der Waals surface area contributed by atoms with Crippen LogP contribution in [-0.2, 0) is 17.8 Å². The summed E-state index contributed by atoms with van der Waals surface area (Å²) in [6.07, 6.45) is 2.87. The maximum atomic E-state index is 11.7. The lowest BCUT2D eigenvalue weighted by Crippen LogP contribution is -2.38. The molecule has 0 saturated carbocycles. The van der Waals surface area contributed by atoms with Crippen molar-refractivity contribution in [1.82, 2.24) is 14.7 Å². The van der Waals surface area contributed by atoms with Crippen molar-refractivity contribution < 1.29 is 9.90 Å². The van der Waals surface area contributed by atoms with Crippen LogP contribution in [0.25, 0.3) is 0 Å². The van der Waals surface area contributed by atoms with E-state index in [4.69, 9.17) is 0 Å². The molecule has 2 aromatic rings. The Kier molecular flexibility index (Phi) is 3.82. The highest BCUT2D eigenvalue weighted by Crippen LogP contribution is 2.34. The average molecular weight is 305 g/mol. The second-order valence-electron chi connectivity index (χ2n) is 5.64. The van der Waals surface area contributed by atoms with Crippen LogP contribution in [0.3, 0.4) is 0 Å². The van der Waals surface area contributed by atoms with Gasteiger partial charge in [0.25, 0.3) is 0 Å². The fraction of sp³-hybridized carbons (Fsp3) is 0.467. The Morgan fingerprint density at radius 3 is 3.00 bits per heavy atom. The first-order chi connectivity index (χ1) is 10.1. The molecule has 1 atom stereocenters. The highest BCUT2D eigenvalue weighted by atomic mass is 32.1. The predicted octanol–water partition coefficient (Wildman–Crippen LogP) is 2.71. The Hall–Kier alpha value is -1.66. The standard InChI is InChI=1S/C15H19N3O2S/c1-10(2)18-7-3-11(16-18)9-17-6-4-13-12(5-8-21-13)14(17)15(19)20/h3,5,7-8,10,14H,4,6,9H2,1-2H3,(H,19,20).